The van der Waals surface area contributed by atoms with E-state index in [0.717, 1.165) is 0 Å². The second kappa shape index (κ2) is 6.69. The summed E-state index contributed by atoms with van der Waals surface area (Å²) in [6.07, 6.45) is -4.44. The highest BCUT2D eigenvalue weighted by Crippen LogP contribution is 2.31. The molecule has 3 nitrogen and oxygen atoms in total. The fraction of sp³-hybridized carbons (Fsp3) is 0.500. The predicted molar refractivity (Wildman–Crippen MR) is 66.9 cm³/mol. The molecule has 1 rings (SSSR count). The van der Waals surface area contributed by atoms with E-state index in [4.69, 9.17) is 0 Å². The Bertz CT molecular complexity index is 405. The molecule has 0 aliphatic carbocycles. The van der Waals surface area contributed by atoms with Crippen LogP contribution in [0.4, 0.5) is 13.2 Å². The number of ether oxygens (including phenoxy) is 1. The predicted octanol–water partition coefficient (Wildman–Crippen LogP) is 2.25. The van der Waals surface area contributed by atoms with Gasteiger partial charge in [-0.25, -0.2) is 0 Å². The lowest BCUT2D eigenvalue weighted by atomic mass is 9.83. The van der Waals surface area contributed by atoms with E-state index in [1.54, 1.807) is 24.3 Å². The van der Waals surface area contributed by atoms with Crippen molar-refractivity contribution in [3.63, 3.8) is 0 Å². The fourth-order valence-electron chi connectivity index (χ4n) is 1.64. The van der Waals surface area contributed by atoms with E-state index in [2.05, 4.69) is 20.7 Å². The molecule has 0 heterocycles. The minimum atomic E-state index is -4.44. The highest BCUT2D eigenvalue weighted by Gasteiger charge is 2.35. The minimum Gasteiger partial charge on any atom is -0.395 e. The summed E-state index contributed by atoms with van der Waals surface area (Å²) in [5.74, 6) is 0. The van der Waals surface area contributed by atoms with Crippen LogP contribution in [0.25, 0.3) is 0 Å². The monoisotopic (exact) mass is 342 g/mol. The standard InChI is InChI=1S/C12H14BrF3O3/c13-10-4-2-1-3-9(10)11(5-17,6-18)7-19-8-12(14,15)16/h1-4,17-18H,5-8H2. The Kier molecular flexibility index (Phi) is 5.79. The van der Waals surface area contributed by atoms with E-state index in [-0.39, 0.29) is 0 Å². The topological polar surface area (TPSA) is 49.7 Å². The SMILES string of the molecule is OCC(CO)(COCC(F)(F)F)c1ccccc1Br. The summed E-state index contributed by atoms with van der Waals surface area (Å²) in [7, 11) is 0. The van der Waals surface area contributed by atoms with Crippen molar-refractivity contribution in [2.24, 2.45) is 0 Å². The molecular formula is C12H14BrF3O3. The van der Waals surface area contributed by atoms with E-state index in [1.165, 1.54) is 0 Å². The van der Waals surface area contributed by atoms with Crippen LogP contribution in [0, 0.1) is 0 Å². The molecule has 108 valence electrons. The first-order chi connectivity index (χ1) is 8.84. The minimum absolute atomic E-state index is 0.428. The first kappa shape index (κ1) is 16.4. The maximum absolute atomic E-state index is 12.1. The molecule has 0 amide bonds. The molecule has 0 unspecified atom stereocenters. The van der Waals surface area contributed by atoms with Crippen LogP contribution < -0.4 is 0 Å². The first-order valence-corrected chi connectivity index (χ1v) is 6.25. The number of alkyl halides is 3. The van der Waals surface area contributed by atoms with Crippen molar-refractivity contribution in [1.29, 1.82) is 0 Å². The molecule has 0 aliphatic rings. The smallest absolute Gasteiger partial charge is 0.395 e. The van der Waals surface area contributed by atoms with Gasteiger partial charge in [0.25, 0.3) is 0 Å². The van der Waals surface area contributed by atoms with E-state index in [0.29, 0.717) is 10.0 Å². The van der Waals surface area contributed by atoms with Crippen molar-refractivity contribution in [2.75, 3.05) is 26.4 Å². The Morgan fingerprint density at radius 2 is 1.63 bits per heavy atom. The van der Waals surface area contributed by atoms with E-state index >= 15 is 0 Å². The zero-order valence-electron chi connectivity index (χ0n) is 9.95. The lowest BCUT2D eigenvalue weighted by Crippen LogP contribution is -2.41. The van der Waals surface area contributed by atoms with Crippen LogP contribution in [0.15, 0.2) is 28.7 Å². The van der Waals surface area contributed by atoms with Crippen LogP contribution in [0.5, 0.6) is 0 Å². The van der Waals surface area contributed by atoms with Crippen molar-refractivity contribution in [2.45, 2.75) is 11.6 Å². The molecule has 7 heteroatoms. The van der Waals surface area contributed by atoms with Gasteiger partial charge in [-0.1, -0.05) is 34.1 Å². The van der Waals surface area contributed by atoms with Gasteiger partial charge < -0.3 is 14.9 Å². The maximum atomic E-state index is 12.1. The molecule has 0 radical (unpaired) electrons. The molecule has 0 fully saturated rings. The van der Waals surface area contributed by atoms with Crippen molar-refractivity contribution in [3.8, 4) is 0 Å². The number of hydrogen-bond donors (Lipinski definition) is 2. The molecular weight excluding hydrogens is 329 g/mol. The molecule has 19 heavy (non-hydrogen) atoms. The van der Waals surface area contributed by atoms with Crippen molar-refractivity contribution in [1.82, 2.24) is 0 Å². The van der Waals surface area contributed by atoms with Crippen molar-refractivity contribution >= 4 is 15.9 Å². The molecule has 0 atom stereocenters. The second-order valence-corrected chi connectivity index (χ2v) is 5.04. The van der Waals surface area contributed by atoms with E-state index < -0.39 is 38.0 Å². The lowest BCUT2D eigenvalue weighted by molar-refractivity contribution is -0.180. The quantitative estimate of drug-likeness (QED) is 0.833. The van der Waals surface area contributed by atoms with Gasteiger partial charge in [-0.15, -0.1) is 0 Å². The van der Waals surface area contributed by atoms with Crippen molar-refractivity contribution in [3.05, 3.63) is 34.3 Å². The summed E-state index contributed by atoms with van der Waals surface area (Å²) < 4.78 is 41.4. The number of benzene rings is 1. The lowest BCUT2D eigenvalue weighted by Gasteiger charge is -2.31. The van der Waals surface area contributed by atoms with E-state index in [9.17, 15) is 23.4 Å². The van der Waals surface area contributed by atoms with Crippen LogP contribution in [-0.2, 0) is 10.2 Å². The van der Waals surface area contributed by atoms with Gasteiger partial charge in [0.05, 0.1) is 25.2 Å². The van der Waals surface area contributed by atoms with Gasteiger partial charge in [-0.2, -0.15) is 13.2 Å². The zero-order chi connectivity index (χ0) is 14.5. The average Bonchev–Trinajstić information content (AvgIpc) is 2.35. The third-order valence-corrected chi connectivity index (χ3v) is 3.39. The molecule has 0 saturated heterocycles. The number of halogens is 4. The van der Waals surface area contributed by atoms with Gasteiger partial charge in [0.15, 0.2) is 0 Å². The van der Waals surface area contributed by atoms with Crippen molar-refractivity contribution < 1.29 is 28.1 Å². The normalized spacial score (nSPS) is 12.7. The van der Waals surface area contributed by atoms with Gasteiger partial charge in [0.2, 0.25) is 0 Å². The molecule has 0 spiro atoms. The summed E-state index contributed by atoms with van der Waals surface area (Å²) in [6, 6.07) is 6.69. The number of rotatable bonds is 6. The van der Waals surface area contributed by atoms with Gasteiger partial charge in [0, 0.05) is 4.47 Å². The molecule has 1 aromatic carbocycles. The number of aliphatic hydroxyl groups excluding tert-OH is 2. The second-order valence-electron chi connectivity index (χ2n) is 4.18. The van der Waals surface area contributed by atoms with E-state index in [1.807, 2.05) is 0 Å². The Labute approximate surface area is 117 Å². The molecule has 0 saturated carbocycles. The summed E-state index contributed by atoms with van der Waals surface area (Å²) in [6.45, 7) is -2.89. The van der Waals surface area contributed by atoms with Gasteiger partial charge in [-0.3, -0.25) is 0 Å². The number of hydrogen-bond acceptors (Lipinski definition) is 3. The highest BCUT2D eigenvalue weighted by atomic mass is 79.9. The Morgan fingerprint density at radius 1 is 1.05 bits per heavy atom. The summed E-state index contributed by atoms with van der Waals surface area (Å²) >= 11 is 3.25. The molecule has 2 N–H and O–H groups in total. The molecule has 1 aromatic rings. The van der Waals surface area contributed by atoms with Crippen LogP contribution in [0.3, 0.4) is 0 Å². The first-order valence-electron chi connectivity index (χ1n) is 5.46. The summed E-state index contributed by atoms with van der Waals surface area (Å²) in [5, 5.41) is 18.9. The maximum Gasteiger partial charge on any atom is 0.411 e. The Balaban J connectivity index is 2.89. The largest absolute Gasteiger partial charge is 0.411 e. The van der Waals surface area contributed by atoms with Gasteiger partial charge >= 0.3 is 6.18 Å². The average molecular weight is 343 g/mol. The zero-order valence-corrected chi connectivity index (χ0v) is 11.5. The molecule has 0 aromatic heterocycles. The van der Waals surface area contributed by atoms with Crippen LogP contribution in [0.1, 0.15) is 5.56 Å². The van der Waals surface area contributed by atoms with Crippen LogP contribution in [0.2, 0.25) is 0 Å². The Morgan fingerprint density at radius 3 is 2.11 bits per heavy atom. The van der Waals surface area contributed by atoms with Gasteiger partial charge in [0.1, 0.15) is 6.61 Å². The highest BCUT2D eigenvalue weighted by molar-refractivity contribution is 9.10. The summed E-state index contributed by atoms with van der Waals surface area (Å²) in [4.78, 5) is 0. The molecule has 0 aliphatic heterocycles. The Hall–Kier alpha value is -0.630. The fourth-order valence-corrected chi connectivity index (χ4v) is 2.35. The molecule has 0 bridgehead atoms. The third-order valence-electron chi connectivity index (χ3n) is 2.69. The van der Waals surface area contributed by atoms with Crippen LogP contribution >= 0.6 is 15.9 Å². The van der Waals surface area contributed by atoms with Gasteiger partial charge in [-0.05, 0) is 11.6 Å². The summed E-state index contributed by atoms with van der Waals surface area (Å²) in [5.41, 5.74) is -0.770. The third kappa shape index (κ3) is 4.45. The number of aliphatic hydroxyl groups is 2. The van der Waals surface area contributed by atoms with Crippen LogP contribution in [-0.4, -0.2) is 42.8 Å².